The van der Waals surface area contributed by atoms with Gasteiger partial charge in [-0.2, -0.15) is 0 Å². The molecule has 0 fully saturated rings. The Balaban J connectivity index is 1.62. The fraction of sp³-hybridized carbons (Fsp3) is 0.0952. The minimum Gasteiger partial charge on any atom is -0.454 e. The van der Waals surface area contributed by atoms with Crippen LogP contribution in [-0.4, -0.2) is 15.9 Å². The minimum absolute atomic E-state index is 0.149. The van der Waals surface area contributed by atoms with Crippen molar-refractivity contribution < 1.29 is 9.53 Å². The molecule has 5 heteroatoms. The Morgan fingerprint density at radius 3 is 2.58 bits per heavy atom. The molecule has 0 radical (unpaired) electrons. The molecule has 1 amide bonds. The summed E-state index contributed by atoms with van der Waals surface area (Å²) in [5, 5.41) is 2.95. The summed E-state index contributed by atoms with van der Waals surface area (Å²) in [6.45, 7) is 1.93. The smallest absolute Gasteiger partial charge is 0.244 e. The normalized spacial score (nSPS) is 11.9. The lowest BCUT2D eigenvalue weighted by Gasteiger charge is -2.14. The first-order chi connectivity index (χ1) is 12.7. The summed E-state index contributed by atoms with van der Waals surface area (Å²) >= 11 is 0. The van der Waals surface area contributed by atoms with Gasteiger partial charge < -0.3 is 10.1 Å². The van der Waals surface area contributed by atoms with Crippen LogP contribution < -0.4 is 10.1 Å². The predicted molar refractivity (Wildman–Crippen MR) is 101 cm³/mol. The van der Waals surface area contributed by atoms with Crippen molar-refractivity contribution in [2.24, 2.45) is 0 Å². The topological polar surface area (TPSA) is 64.1 Å². The Kier molecular flexibility index (Phi) is 5.72. The standard InChI is InChI=1S/C21H19N3O2/c1-16(24-21(25)11-10-17-6-3-2-4-7-17)18-8-5-9-19(12-18)26-20-13-22-15-23-14-20/h2-16H,1H3,(H,24,25)/b11-10+. The van der Waals surface area contributed by atoms with Gasteiger partial charge in [0, 0.05) is 6.08 Å². The number of carbonyl (C=O) groups is 1. The molecule has 130 valence electrons. The first-order valence-electron chi connectivity index (χ1n) is 8.27. The van der Waals surface area contributed by atoms with Gasteiger partial charge in [-0.3, -0.25) is 4.79 Å². The molecule has 3 rings (SSSR count). The maximum atomic E-state index is 12.1. The summed E-state index contributed by atoms with van der Waals surface area (Å²) in [7, 11) is 0. The van der Waals surface area contributed by atoms with Crippen LogP contribution >= 0.6 is 0 Å². The molecule has 0 bridgehead atoms. The van der Waals surface area contributed by atoms with Gasteiger partial charge in [-0.15, -0.1) is 0 Å². The van der Waals surface area contributed by atoms with Gasteiger partial charge >= 0.3 is 0 Å². The highest BCUT2D eigenvalue weighted by Crippen LogP contribution is 2.23. The second-order valence-corrected chi connectivity index (χ2v) is 5.72. The summed E-state index contributed by atoms with van der Waals surface area (Å²) in [4.78, 5) is 20.0. The number of hydrogen-bond acceptors (Lipinski definition) is 4. The van der Waals surface area contributed by atoms with Crippen molar-refractivity contribution in [3.8, 4) is 11.5 Å². The Morgan fingerprint density at radius 1 is 1.04 bits per heavy atom. The third-order valence-electron chi connectivity index (χ3n) is 3.72. The van der Waals surface area contributed by atoms with E-state index in [0.29, 0.717) is 11.5 Å². The molecule has 1 atom stereocenters. The van der Waals surface area contributed by atoms with Crippen LogP contribution in [0, 0.1) is 0 Å². The number of ether oxygens (including phenoxy) is 1. The van der Waals surface area contributed by atoms with Crippen molar-refractivity contribution in [2.45, 2.75) is 13.0 Å². The van der Waals surface area contributed by atoms with Crippen LogP contribution in [0.1, 0.15) is 24.1 Å². The van der Waals surface area contributed by atoms with Crippen LogP contribution in [0.15, 0.2) is 79.4 Å². The number of rotatable bonds is 6. The lowest BCUT2D eigenvalue weighted by molar-refractivity contribution is -0.117. The van der Waals surface area contributed by atoms with E-state index in [4.69, 9.17) is 4.74 Å². The van der Waals surface area contributed by atoms with Crippen LogP contribution in [0.5, 0.6) is 11.5 Å². The summed E-state index contributed by atoms with van der Waals surface area (Å²) in [6.07, 6.45) is 7.97. The highest BCUT2D eigenvalue weighted by molar-refractivity contribution is 5.91. The van der Waals surface area contributed by atoms with E-state index in [-0.39, 0.29) is 11.9 Å². The zero-order valence-electron chi connectivity index (χ0n) is 14.4. The molecule has 0 saturated heterocycles. The molecule has 0 aliphatic rings. The zero-order valence-corrected chi connectivity index (χ0v) is 14.4. The SMILES string of the molecule is CC(NC(=O)/C=C/c1ccccc1)c1cccc(Oc2cncnc2)c1. The van der Waals surface area contributed by atoms with Crippen LogP contribution in [0.3, 0.4) is 0 Å². The average molecular weight is 345 g/mol. The Morgan fingerprint density at radius 2 is 1.81 bits per heavy atom. The Hall–Kier alpha value is -3.47. The first kappa shape index (κ1) is 17.4. The zero-order chi connectivity index (χ0) is 18.2. The maximum absolute atomic E-state index is 12.1. The molecule has 0 aliphatic heterocycles. The van der Waals surface area contributed by atoms with Crippen molar-refractivity contribution >= 4 is 12.0 Å². The Labute approximate surface area is 152 Å². The van der Waals surface area contributed by atoms with Gasteiger partial charge in [0.15, 0.2) is 5.75 Å². The lowest BCUT2D eigenvalue weighted by Crippen LogP contribution is -2.24. The van der Waals surface area contributed by atoms with Crippen molar-refractivity contribution in [1.82, 2.24) is 15.3 Å². The summed E-state index contributed by atoms with van der Waals surface area (Å²) < 4.78 is 5.73. The second kappa shape index (κ2) is 8.58. The van der Waals surface area contributed by atoms with Crippen molar-refractivity contribution in [3.63, 3.8) is 0 Å². The molecular weight excluding hydrogens is 326 g/mol. The van der Waals surface area contributed by atoms with E-state index in [9.17, 15) is 4.79 Å². The van der Waals surface area contributed by atoms with Crippen molar-refractivity contribution in [1.29, 1.82) is 0 Å². The lowest BCUT2D eigenvalue weighted by atomic mass is 10.1. The van der Waals surface area contributed by atoms with Gasteiger partial charge in [-0.05, 0) is 36.3 Å². The molecular formula is C21H19N3O2. The molecule has 1 heterocycles. The van der Waals surface area contributed by atoms with Crippen molar-refractivity contribution in [3.05, 3.63) is 90.5 Å². The van der Waals surface area contributed by atoms with E-state index in [1.807, 2.05) is 61.5 Å². The van der Waals surface area contributed by atoms with E-state index < -0.39 is 0 Å². The second-order valence-electron chi connectivity index (χ2n) is 5.72. The number of hydrogen-bond donors (Lipinski definition) is 1. The van der Waals surface area contributed by atoms with E-state index in [2.05, 4.69) is 15.3 Å². The third kappa shape index (κ3) is 5.01. The van der Waals surface area contributed by atoms with E-state index in [1.165, 1.54) is 12.4 Å². The largest absolute Gasteiger partial charge is 0.454 e. The van der Waals surface area contributed by atoms with E-state index >= 15 is 0 Å². The molecule has 5 nitrogen and oxygen atoms in total. The number of aromatic nitrogens is 2. The van der Waals surface area contributed by atoms with Crippen LogP contribution in [-0.2, 0) is 4.79 Å². The number of benzene rings is 2. The Bertz CT molecular complexity index is 880. The van der Waals surface area contributed by atoms with Crippen LogP contribution in [0.25, 0.3) is 6.08 Å². The van der Waals surface area contributed by atoms with Gasteiger partial charge in [0.1, 0.15) is 12.1 Å². The number of carbonyl (C=O) groups excluding carboxylic acids is 1. The molecule has 26 heavy (non-hydrogen) atoms. The minimum atomic E-state index is -0.154. The van der Waals surface area contributed by atoms with Crippen LogP contribution in [0.2, 0.25) is 0 Å². The van der Waals surface area contributed by atoms with Gasteiger partial charge in [0.25, 0.3) is 0 Å². The van der Waals surface area contributed by atoms with Gasteiger partial charge in [0.2, 0.25) is 5.91 Å². The molecule has 0 aliphatic carbocycles. The predicted octanol–water partition coefficient (Wildman–Crippen LogP) is 4.16. The maximum Gasteiger partial charge on any atom is 0.244 e. The molecule has 3 aromatic rings. The number of nitrogens with one attached hydrogen (secondary N) is 1. The monoisotopic (exact) mass is 345 g/mol. The molecule has 0 saturated carbocycles. The van der Waals surface area contributed by atoms with E-state index in [0.717, 1.165) is 11.1 Å². The van der Waals surface area contributed by atoms with E-state index in [1.54, 1.807) is 18.5 Å². The number of nitrogens with zero attached hydrogens (tertiary/aromatic N) is 2. The highest BCUT2D eigenvalue weighted by Gasteiger charge is 2.09. The van der Waals surface area contributed by atoms with Gasteiger partial charge in [-0.1, -0.05) is 42.5 Å². The number of amides is 1. The van der Waals surface area contributed by atoms with Crippen LogP contribution in [0.4, 0.5) is 0 Å². The van der Waals surface area contributed by atoms with Gasteiger partial charge in [0.05, 0.1) is 18.4 Å². The fourth-order valence-corrected chi connectivity index (χ4v) is 2.40. The molecule has 0 spiro atoms. The first-order valence-corrected chi connectivity index (χ1v) is 8.27. The molecule has 1 N–H and O–H groups in total. The fourth-order valence-electron chi connectivity index (χ4n) is 2.40. The highest BCUT2D eigenvalue weighted by atomic mass is 16.5. The average Bonchev–Trinajstić information content (AvgIpc) is 2.68. The molecule has 1 aromatic heterocycles. The summed E-state index contributed by atoms with van der Waals surface area (Å²) in [5.74, 6) is 1.08. The summed E-state index contributed by atoms with van der Waals surface area (Å²) in [6, 6.07) is 17.1. The molecule has 1 unspecified atom stereocenters. The van der Waals surface area contributed by atoms with Crippen molar-refractivity contribution in [2.75, 3.05) is 0 Å². The third-order valence-corrected chi connectivity index (χ3v) is 3.72. The van der Waals surface area contributed by atoms with Gasteiger partial charge in [-0.25, -0.2) is 9.97 Å². The molecule has 2 aromatic carbocycles. The quantitative estimate of drug-likeness (QED) is 0.681. The summed E-state index contributed by atoms with van der Waals surface area (Å²) in [5.41, 5.74) is 1.93.